The second-order valence-electron chi connectivity index (χ2n) is 16.2. The third-order valence-electron chi connectivity index (χ3n) is 11.6. The van der Waals surface area contributed by atoms with Crippen LogP contribution >= 0.6 is 73.9 Å². The van der Waals surface area contributed by atoms with E-state index in [1.807, 2.05) is 61.5 Å². The van der Waals surface area contributed by atoms with Gasteiger partial charge in [-0.1, -0.05) is 90.5 Å². The summed E-state index contributed by atoms with van der Waals surface area (Å²) in [4.78, 5) is 37.5. The average molecular weight is 1050 g/mol. The van der Waals surface area contributed by atoms with E-state index < -0.39 is 0 Å². The van der Waals surface area contributed by atoms with Gasteiger partial charge in [-0.15, -0.1) is 73.9 Å². The van der Waals surface area contributed by atoms with Crippen molar-refractivity contribution in [3.63, 3.8) is 0 Å². The fourth-order valence-corrected chi connectivity index (χ4v) is 10.1. The molecule has 3 heterocycles. The molecular formula is C54H56O6P8. The first-order valence-electron chi connectivity index (χ1n) is 22.1. The smallest absolute Gasteiger partial charge is 0.193 e. The Labute approximate surface area is 416 Å². The minimum atomic E-state index is 0.0177. The van der Waals surface area contributed by atoms with E-state index >= 15 is 0 Å². The number of aryl methyl sites for hydroxylation is 1. The highest BCUT2D eigenvalue weighted by Crippen LogP contribution is 2.31. The van der Waals surface area contributed by atoms with Crippen molar-refractivity contribution in [3.05, 3.63) is 208 Å². The van der Waals surface area contributed by atoms with E-state index in [1.54, 1.807) is 18.2 Å². The summed E-state index contributed by atoms with van der Waals surface area (Å²) < 4.78 is 18.0. The molecule has 348 valence electrons. The zero-order chi connectivity index (χ0) is 48.5. The Balaban J connectivity index is 0.000000151. The monoisotopic (exact) mass is 1050 g/mol. The lowest BCUT2D eigenvalue weighted by Gasteiger charge is -2.10. The van der Waals surface area contributed by atoms with E-state index in [0.717, 1.165) is 93.2 Å². The quantitative estimate of drug-likeness (QED) is 0.120. The molecular weight excluding hydrogens is 992 g/mol. The molecule has 3 aromatic heterocycles. The molecule has 0 aliphatic carbocycles. The Kier molecular flexibility index (Phi) is 18.8. The number of fused-ring (bicyclic) bond motifs is 3. The van der Waals surface area contributed by atoms with Gasteiger partial charge in [-0.05, 0) is 124 Å². The van der Waals surface area contributed by atoms with Gasteiger partial charge in [0.05, 0.1) is 16.2 Å². The van der Waals surface area contributed by atoms with Gasteiger partial charge in [-0.3, -0.25) is 14.4 Å². The van der Waals surface area contributed by atoms with Crippen LogP contribution in [0.2, 0.25) is 0 Å². The summed E-state index contributed by atoms with van der Waals surface area (Å²) in [7, 11) is 21.5. The SMILES string of the molecule is Cc1ccc(-c2cc(=O)c3c(CP)cc(CP)cc3o2)cc1.O=c1cc(-c2ccc(CP)cc2)oc2cc(CP)cc(CP)c12.O=c1cc(CP)oc2cc(-c3ccc(CP)cc3)cc(CP)c12. The minimum absolute atomic E-state index is 0.0177. The predicted molar refractivity (Wildman–Crippen MR) is 316 cm³/mol. The molecule has 0 fully saturated rings. The first kappa shape index (κ1) is 52.2. The molecule has 9 rings (SSSR count). The van der Waals surface area contributed by atoms with Crippen LogP contribution in [0, 0.1) is 6.92 Å². The fourth-order valence-electron chi connectivity index (χ4n) is 7.92. The van der Waals surface area contributed by atoms with Crippen LogP contribution in [0.1, 0.15) is 50.3 Å². The Morgan fingerprint density at radius 2 is 0.721 bits per heavy atom. The molecule has 0 spiro atoms. The number of benzene rings is 6. The van der Waals surface area contributed by atoms with Crippen molar-refractivity contribution in [1.29, 1.82) is 0 Å². The molecule has 8 unspecified atom stereocenters. The molecule has 6 aromatic carbocycles. The van der Waals surface area contributed by atoms with Crippen LogP contribution in [0.3, 0.4) is 0 Å². The lowest BCUT2D eigenvalue weighted by molar-refractivity contribution is 0.560. The highest BCUT2D eigenvalue weighted by Gasteiger charge is 2.15. The summed E-state index contributed by atoms with van der Waals surface area (Å²) in [6.45, 7) is 2.04. The standard InChI is InChI=1S/2C18H19O2P3.C18H18O2P2/c19-15-7-16(13-3-1-11(8-21)2-4-13)20-17-6-12(9-22)5-14(10-23)18(15)17;19-16-7-15(10-23)20-17-6-13(5-14(9-22)18(16)17)12-3-1-11(8-21)2-4-12;1-11-2-4-13(5-3-11)16-8-15(19)18-14(10-22)6-12(9-21)7-17(18)20-16/h2*1-7H,8-10,21-23H2;2-8H,9-10,21-22H2,1H3. The van der Waals surface area contributed by atoms with Gasteiger partial charge in [0.2, 0.25) is 0 Å². The summed E-state index contributed by atoms with van der Waals surface area (Å²) in [5.41, 5.74) is 15.2. The summed E-state index contributed by atoms with van der Waals surface area (Å²) in [6.07, 6.45) is 6.37. The van der Waals surface area contributed by atoms with E-state index in [9.17, 15) is 14.4 Å². The van der Waals surface area contributed by atoms with Crippen LogP contribution in [0.4, 0.5) is 0 Å². The van der Waals surface area contributed by atoms with E-state index in [0.29, 0.717) is 56.4 Å². The second kappa shape index (κ2) is 24.5. The maximum absolute atomic E-state index is 12.6. The molecule has 0 amide bonds. The Hall–Kier alpha value is -3.61. The van der Waals surface area contributed by atoms with E-state index in [4.69, 9.17) is 13.3 Å². The van der Waals surface area contributed by atoms with Gasteiger partial charge in [0, 0.05) is 35.5 Å². The summed E-state index contributed by atoms with van der Waals surface area (Å²) in [6, 6.07) is 41.5. The zero-order valence-electron chi connectivity index (χ0n) is 37.8. The maximum atomic E-state index is 12.6. The molecule has 0 aliphatic rings. The molecule has 0 bridgehead atoms. The predicted octanol–water partition coefficient (Wildman–Crippen LogP) is 13.7. The molecule has 6 nitrogen and oxygen atoms in total. The third-order valence-corrected chi connectivity index (χ3v) is 15.2. The lowest BCUT2D eigenvalue weighted by Crippen LogP contribution is -2.04. The van der Waals surface area contributed by atoms with Gasteiger partial charge >= 0.3 is 0 Å². The lowest BCUT2D eigenvalue weighted by atomic mass is 9.99. The van der Waals surface area contributed by atoms with Crippen LogP contribution in [0.25, 0.3) is 66.7 Å². The Morgan fingerprint density at radius 1 is 0.338 bits per heavy atom. The van der Waals surface area contributed by atoms with Crippen molar-refractivity contribution in [2.45, 2.75) is 56.2 Å². The van der Waals surface area contributed by atoms with Gasteiger partial charge in [-0.25, -0.2) is 0 Å². The maximum Gasteiger partial charge on any atom is 0.193 e. The summed E-state index contributed by atoms with van der Waals surface area (Å²) in [5, 5.41) is 2.06. The second-order valence-corrected chi connectivity index (χ2v) is 19.5. The van der Waals surface area contributed by atoms with Gasteiger partial charge in [-0.2, -0.15) is 0 Å². The molecule has 0 saturated heterocycles. The zero-order valence-corrected chi connectivity index (χ0v) is 47.1. The molecule has 0 N–H and O–H groups in total. The molecule has 0 saturated carbocycles. The van der Waals surface area contributed by atoms with E-state index in [1.165, 1.54) is 16.7 Å². The van der Waals surface area contributed by atoms with Gasteiger partial charge in [0.15, 0.2) is 16.3 Å². The molecule has 0 aliphatic heterocycles. The molecule has 14 heteroatoms. The van der Waals surface area contributed by atoms with E-state index in [-0.39, 0.29) is 16.3 Å². The highest BCUT2D eigenvalue weighted by atomic mass is 31.0. The molecule has 9 aromatic rings. The highest BCUT2D eigenvalue weighted by molar-refractivity contribution is 7.16. The van der Waals surface area contributed by atoms with Crippen LogP contribution in [-0.4, -0.2) is 0 Å². The van der Waals surface area contributed by atoms with Crippen molar-refractivity contribution in [3.8, 4) is 33.8 Å². The Morgan fingerprint density at radius 3 is 1.13 bits per heavy atom. The van der Waals surface area contributed by atoms with Crippen molar-refractivity contribution >= 4 is 107 Å². The molecule has 8 atom stereocenters. The third kappa shape index (κ3) is 12.3. The average Bonchev–Trinajstić information content (AvgIpc) is 3.37. The van der Waals surface area contributed by atoms with Crippen molar-refractivity contribution in [2.75, 3.05) is 0 Å². The molecule has 0 radical (unpaired) electrons. The summed E-state index contributed by atoms with van der Waals surface area (Å²) >= 11 is 0. The largest absolute Gasteiger partial charge is 0.460 e. The fraction of sp³-hybridized carbons (Fsp3) is 0.167. The van der Waals surface area contributed by atoms with Gasteiger partial charge < -0.3 is 13.3 Å². The number of hydrogen-bond donors (Lipinski definition) is 0. The van der Waals surface area contributed by atoms with Crippen LogP contribution in [0.5, 0.6) is 0 Å². The minimum Gasteiger partial charge on any atom is -0.460 e. The van der Waals surface area contributed by atoms with Crippen molar-refractivity contribution in [2.24, 2.45) is 0 Å². The van der Waals surface area contributed by atoms with Crippen molar-refractivity contribution in [1.82, 2.24) is 0 Å². The Bertz CT molecular complexity index is 3380. The first-order valence-corrected chi connectivity index (χ1v) is 28.6. The number of hydrogen-bond acceptors (Lipinski definition) is 6. The van der Waals surface area contributed by atoms with Crippen LogP contribution in [-0.2, 0) is 49.3 Å². The van der Waals surface area contributed by atoms with Gasteiger partial charge in [0.25, 0.3) is 0 Å². The van der Waals surface area contributed by atoms with E-state index in [2.05, 4.69) is 129 Å². The summed E-state index contributed by atoms with van der Waals surface area (Å²) in [5.74, 6) is 1.93. The normalized spacial score (nSPS) is 11.1. The number of rotatable bonds is 11. The van der Waals surface area contributed by atoms with Crippen LogP contribution in [0.15, 0.2) is 155 Å². The van der Waals surface area contributed by atoms with Gasteiger partial charge in [0.1, 0.15) is 34.0 Å². The first-order chi connectivity index (χ1) is 32.9. The molecule has 68 heavy (non-hydrogen) atoms. The topological polar surface area (TPSA) is 90.6 Å². The van der Waals surface area contributed by atoms with Crippen LogP contribution < -0.4 is 16.3 Å². The van der Waals surface area contributed by atoms with Crippen molar-refractivity contribution < 1.29 is 13.3 Å².